The third kappa shape index (κ3) is 4.77. The molecule has 3 fully saturated rings. The molecule has 9 heteroatoms. The average Bonchev–Trinajstić information content (AvgIpc) is 3.28. The van der Waals surface area contributed by atoms with Crippen LogP contribution in [-0.2, 0) is 14.8 Å². The van der Waals surface area contributed by atoms with Crippen LogP contribution in [0.1, 0.15) is 51.5 Å². The lowest BCUT2D eigenvalue weighted by Crippen LogP contribution is -2.57. The molecule has 1 aromatic carbocycles. The summed E-state index contributed by atoms with van der Waals surface area (Å²) in [6.45, 7) is 8.49. The molecule has 0 radical (unpaired) electrons. The van der Waals surface area contributed by atoms with Gasteiger partial charge in [0.1, 0.15) is 11.6 Å². The maximum atomic E-state index is 14.6. The topological polar surface area (TPSA) is 69.7 Å². The summed E-state index contributed by atoms with van der Waals surface area (Å²) in [5, 5.41) is 3.22. The lowest BCUT2D eigenvalue weighted by molar-refractivity contribution is -0.137. The number of piperidine rings is 2. The number of carbonyl (C=O) groups is 1. The van der Waals surface area contributed by atoms with E-state index < -0.39 is 27.6 Å². The van der Waals surface area contributed by atoms with Crippen LogP contribution in [0.25, 0.3) is 0 Å². The molecule has 4 aliphatic rings. The third-order valence-electron chi connectivity index (χ3n) is 9.23. The van der Waals surface area contributed by atoms with Crippen LogP contribution in [0.15, 0.2) is 52.6 Å². The van der Waals surface area contributed by atoms with E-state index in [4.69, 9.17) is 0 Å². The molecule has 6 nitrogen and oxygen atoms in total. The van der Waals surface area contributed by atoms with Gasteiger partial charge in [0.05, 0.1) is 12.2 Å². The van der Waals surface area contributed by atoms with E-state index in [2.05, 4.69) is 31.3 Å². The van der Waals surface area contributed by atoms with E-state index in [1.807, 2.05) is 11.8 Å². The molecule has 1 spiro atoms. The summed E-state index contributed by atoms with van der Waals surface area (Å²) >= 11 is 0. The molecule has 1 aliphatic carbocycles. The number of benzene rings is 1. The second-order valence-corrected chi connectivity index (χ2v) is 13.4. The van der Waals surface area contributed by atoms with Gasteiger partial charge in [-0.15, -0.1) is 0 Å². The lowest BCUT2D eigenvalue weighted by atomic mass is 9.66. The van der Waals surface area contributed by atoms with Gasteiger partial charge < -0.3 is 10.2 Å². The zero-order valence-electron chi connectivity index (χ0n) is 22.6. The largest absolute Gasteiger partial charge is 0.342 e. The minimum absolute atomic E-state index is 0.0262. The molecule has 0 bridgehead atoms. The Morgan fingerprint density at radius 1 is 1.13 bits per heavy atom. The first-order chi connectivity index (χ1) is 17.9. The summed E-state index contributed by atoms with van der Waals surface area (Å²) in [6, 6.07) is 3.31. The predicted molar refractivity (Wildman–Crippen MR) is 144 cm³/mol. The maximum Gasteiger partial charge on any atom is 0.227 e. The number of likely N-dealkylation sites (tertiary alicyclic amines) is 1. The Balaban J connectivity index is 1.39. The molecular formula is C29H37F2N3O3S. The molecule has 0 saturated carbocycles. The van der Waals surface area contributed by atoms with Crippen LogP contribution in [-0.4, -0.2) is 68.6 Å². The highest BCUT2D eigenvalue weighted by Crippen LogP contribution is 2.50. The van der Waals surface area contributed by atoms with E-state index >= 15 is 0 Å². The van der Waals surface area contributed by atoms with E-state index in [1.165, 1.54) is 35.1 Å². The Bertz CT molecular complexity index is 1340. The number of allylic oxidation sites excluding steroid dienone is 4. The summed E-state index contributed by atoms with van der Waals surface area (Å²) in [5.41, 5.74) is 4.73. The number of halogens is 2. The van der Waals surface area contributed by atoms with E-state index in [9.17, 15) is 22.0 Å². The molecule has 5 rings (SSSR count). The summed E-state index contributed by atoms with van der Waals surface area (Å²) in [5.74, 6) is -2.06. The standard InChI is InChI=1S/C29H37F2N3O3S/c1-18-5-8-26-23(13-19(18)2)20(3)34(38(4,36)37)17-29(26)9-11-33(12-10-29)28(35)25-16-32-15-24(25)22-7-6-21(30)14-27(22)31/h6-8,13-14,20,24-25,32H,5,9-12,15-17H2,1-4H3/t20?,24-,25+/m0/s1. The molecule has 3 atom stereocenters. The van der Waals surface area contributed by atoms with Gasteiger partial charge in [-0.05, 0) is 62.8 Å². The van der Waals surface area contributed by atoms with Crippen LogP contribution >= 0.6 is 0 Å². The Kier molecular flexibility index (Phi) is 7.16. The highest BCUT2D eigenvalue weighted by Gasteiger charge is 2.50. The quantitative estimate of drug-likeness (QED) is 0.620. The number of fused-ring (bicyclic) bond motifs is 2. The van der Waals surface area contributed by atoms with Crippen molar-refractivity contribution in [2.75, 3.05) is 39.0 Å². The number of amides is 1. The predicted octanol–water partition coefficient (Wildman–Crippen LogP) is 4.13. The highest BCUT2D eigenvalue weighted by atomic mass is 32.2. The van der Waals surface area contributed by atoms with E-state index in [-0.39, 0.29) is 23.3 Å². The molecule has 38 heavy (non-hydrogen) atoms. The van der Waals surface area contributed by atoms with Crippen LogP contribution in [0.3, 0.4) is 0 Å². The number of carbonyl (C=O) groups excluding carboxylic acids is 1. The lowest BCUT2D eigenvalue weighted by Gasteiger charge is -2.52. The molecule has 0 aromatic heterocycles. The molecule has 1 N–H and O–H groups in total. The van der Waals surface area contributed by atoms with Gasteiger partial charge in [-0.25, -0.2) is 17.2 Å². The fourth-order valence-corrected chi connectivity index (χ4v) is 7.97. The van der Waals surface area contributed by atoms with Gasteiger partial charge in [-0.3, -0.25) is 4.79 Å². The van der Waals surface area contributed by atoms with Crippen molar-refractivity contribution in [1.29, 1.82) is 0 Å². The van der Waals surface area contributed by atoms with Crippen molar-refractivity contribution in [2.45, 2.75) is 52.0 Å². The Hall–Kier alpha value is -2.36. The van der Waals surface area contributed by atoms with Gasteiger partial charge >= 0.3 is 0 Å². The number of hydrogen-bond donors (Lipinski definition) is 1. The first kappa shape index (κ1) is 27.2. The van der Waals surface area contributed by atoms with Crippen LogP contribution in [0.4, 0.5) is 8.78 Å². The van der Waals surface area contributed by atoms with Gasteiger partial charge in [-0.1, -0.05) is 29.4 Å². The van der Waals surface area contributed by atoms with E-state index in [0.29, 0.717) is 51.1 Å². The van der Waals surface area contributed by atoms with Gasteiger partial charge in [0.25, 0.3) is 0 Å². The van der Waals surface area contributed by atoms with E-state index in [0.717, 1.165) is 18.1 Å². The molecule has 1 aromatic rings. The van der Waals surface area contributed by atoms with Crippen LogP contribution in [0.2, 0.25) is 0 Å². The monoisotopic (exact) mass is 545 g/mol. The Morgan fingerprint density at radius 2 is 1.84 bits per heavy atom. The second kappa shape index (κ2) is 9.99. The van der Waals surface area contributed by atoms with Gasteiger partial charge in [-0.2, -0.15) is 4.31 Å². The maximum absolute atomic E-state index is 14.6. The fraction of sp³-hybridized carbons (Fsp3) is 0.552. The highest BCUT2D eigenvalue weighted by molar-refractivity contribution is 7.88. The number of nitrogens with one attached hydrogen (secondary N) is 1. The number of sulfonamides is 1. The summed E-state index contributed by atoms with van der Waals surface area (Å²) < 4.78 is 55.3. The van der Waals surface area contributed by atoms with Crippen LogP contribution in [0, 0.1) is 23.0 Å². The van der Waals surface area contributed by atoms with Crippen molar-refractivity contribution >= 4 is 15.9 Å². The number of rotatable bonds is 3. The molecule has 206 valence electrons. The second-order valence-electron chi connectivity index (χ2n) is 11.5. The van der Waals surface area contributed by atoms with Crippen LogP contribution in [0.5, 0.6) is 0 Å². The average molecular weight is 546 g/mol. The zero-order chi connectivity index (χ0) is 27.4. The zero-order valence-corrected chi connectivity index (χ0v) is 23.4. The van der Waals surface area contributed by atoms with E-state index in [1.54, 1.807) is 4.31 Å². The summed E-state index contributed by atoms with van der Waals surface area (Å²) in [6.07, 6.45) is 7.86. The summed E-state index contributed by atoms with van der Waals surface area (Å²) in [4.78, 5) is 15.5. The van der Waals surface area contributed by atoms with Crippen molar-refractivity contribution in [3.8, 4) is 0 Å². The van der Waals surface area contributed by atoms with Crippen molar-refractivity contribution in [1.82, 2.24) is 14.5 Å². The molecule has 1 unspecified atom stereocenters. The van der Waals surface area contributed by atoms with Crippen LogP contribution < -0.4 is 5.32 Å². The summed E-state index contributed by atoms with van der Waals surface area (Å²) in [7, 11) is -3.43. The van der Waals surface area contributed by atoms with Crippen molar-refractivity contribution in [2.24, 2.45) is 11.3 Å². The van der Waals surface area contributed by atoms with Gasteiger partial charge in [0, 0.05) is 56.2 Å². The van der Waals surface area contributed by atoms with Gasteiger partial charge in [0.2, 0.25) is 15.9 Å². The minimum atomic E-state index is -3.43. The SMILES string of the molecule is CC1=C(C)CC=C2C(=C1)C(C)N(S(C)(=O)=O)CC21CCN(C(=O)[C@@H]2CNC[C@H]2c2ccc(F)cc2F)CC1. The fourth-order valence-electron chi connectivity index (χ4n) is 6.80. The minimum Gasteiger partial charge on any atom is -0.342 e. The number of hydrogen-bond acceptors (Lipinski definition) is 4. The molecule has 3 saturated heterocycles. The normalized spacial score (nSPS) is 28.2. The Morgan fingerprint density at radius 3 is 2.50 bits per heavy atom. The van der Waals surface area contributed by atoms with Crippen molar-refractivity contribution in [3.63, 3.8) is 0 Å². The van der Waals surface area contributed by atoms with Crippen molar-refractivity contribution < 1.29 is 22.0 Å². The molecular weight excluding hydrogens is 508 g/mol. The Labute approximate surface area is 224 Å². The van der Waals surface area contributed by atoms with Gasteiger partial charge in [0.15, 0.2) is 0 Å². The number of nitrogens with zero attached hydrogens (tertiary/aromatic N) is 2. The van der Waals surface area contributed by atoms with Crippen molar-refractivity contribution in [3.05, 3.63) is 69.8 Å². The molecule has 3 aliphatic heterocycles. The smallest absolute Gasteiger partial charge is 0.227 e. The third-order valence-corrected chi connectivity index (χ3v) is 10.5. The first-order valence-corrected chi connectivity index (χ1v) is 15.3. The first-order valence-electron chi connectivity index (χ1n) is 13.4. The molecule has 1 amide bonds. The molecule has 3 heterocycles.